The Kier molecular flexibility index (Phi) is 5.13. The van der Waals surface area contributed by atoms with E-state index in [4.69, 9.17) is 26.6 Å². The zero-order valence-corrected chi connectivity index (χ0v) is 13.9. The van der Waals surface area contributed by atoms with Crippen molar-refractivity contribution in [2.75, 3.05) is 19.8 Å². The van der Waals surface area contributed by atoms with Crippen molar-refractivity contribution in [2.24, 2.45) is 11.1 Å². The first-order valence-corrected chi connectivity index (χ1v) is 8.15. The molecule has 24 heavy (non-hydrogen) atoms. The third-order valence-electron chi connectivity index (χ3n) is 4.29. The van der Waals surface area contributed by atoms with Gasteiger partial charge < -0.3 is 20.3 Å². The molecule has 0 aliphatic carbocycles. The number of hydrogen-bond donors (Lipinski definition) is 2. The van der Waals surface area contributed by atoms with Gasteiger partial charge in [0.25, 0.3) is 0 Å². The van der Waals surface area contributed by atoms with Crippen LogP contribution in [0.3, 0.4) is 0 Å². The van der Waals surface area contributed by atoms with Crippen molar-refractivity contribution in [2.45, 2.75) is 19.4 Å². The van der Waals surface area contributed by atoms with Crippen LogP contribution in [0.15, 0.2) is 28.8 Å². The summed E-state index contributed by atoms with van der Waals surface area (Å²) in [5.74, 6) is 0.697. The Morgan fingerprint density at radius 1 is 1.29 bits per heavy atom. The van der Waals surface area contributed by atoms with Gasteiger partial charge in [0.1, 0.15) is 0 Å². The topological polar surface area (TPSA) is 103 Å². The zero-order valence-electron chi connectivity index (χ0n) is 13.1. The molecule has 0 atom stereocenters. The molecule has 0 spiro atoms. The standard InChI is InChI=1S/C16H19ClN4O3/c17-12-3-1-11(2-4-12)14-20-13(24-21-14)9-19-15(22)16(10-18)5-7-23-8-6-16/h1-4H,5-10,18H2,(H,19,22). The van der Waals surface area contributed by atoms with E-state index in [1.54, 1.807) is 24.3 Å². The van der Waals surface area contributed by atoms with Crippen molar-refractivity contribution in [3.63, 3.8) is 0 Å². The number of amides is 1. The predicted octanol–water partition coefficient (Wildman–Crippen LogP) is 1.76. The maximum absolute atomic E-state index is 12.5. The molecule has 7 nitrogen and oxygen atoms in total. The molecule has 2 aromatic rings. The average Bonchev–Trinajstić information content (AvgIpc) is 3.10. The lowest BCUT2D eigenvalue weighted by molar-refractivity contribution is -0.136. The number of nitrogens with zero attached hydrogens (tertiary/aromatic N) is 2. The normalized spacial score (nSPS) is 16.8. The molecule has 0 saturated carbocycles. The Labute approximate surface area is 144 Å². The van der Waals surface area contributed by atoms with Crippen LogP contribution in [0.2, 0.25) is 5.02 Å². The van der Waals surface area contributed by atoms with Crippen LogP contribution >= 0.6 is 11.6 Å². The summed E-state index contributed by atoms with van der Waals surface area (Å²) in [6, 6.07) is 7.12. The molecule has 2 heterocycles. The highest BCUT2D eigenvalue weighted by molar-refractivity contribution is 6.30. The third-order valence-corrected chi connectivity index (χ3v) is 4.54. The molecule has 128 valence electrons. The van der Waals surface area contributed by atoms with Gasteiger partial charge in [-0.15, -0.1) is 0 Å². The summed E-state index contributed by atoms with van der Waals surface area (Å²) in [6.45, 7) is 1.56. The monoisotopic (exact) mass is 350 g/mol. The molecule has 3 rings (SSSR count). The molecule has 3 N–H and O–H groups in total. The van der Waals surface area contributed by atoms with Crippen LogP contribution in [0.25, 0.3) is 11.4 Å². The molecule has 8 heteroatoms. The zero-order chi connectivity index (χ0) is 17.0. The first-order valence-electron chi connectivity index (χ1n) is 7.78. The number of carbonyl (C=O) groups excluding carboxylic acids is 1. The molecule has 1 aliphatic rings. The van der Waals surface area contributed by atoms with Gasteiger partial charge in [-0.05, 0) is 37.1 Å². The first-order chi connectivity index (χ1) is 11.6. The number of halogens is 1. The molecule has 1 amide bonds. The van der Waals surface area contributed by atoms with Gasteiger partial charge >= 0.3 is 0 Å². The van der Waals surface area contributed by atoms with Crippen molar-refractivity contribution in [3.05, 3.63) is 35.2 Å². The van der Waals surface area contributed by atoms with Crippen LogP contribution in [0, 0.1) is 5.41 Å². The number of rotatable bonds is 5. The summed E-state index contributed by atoms with van der Waals surface area (Å²) < 4.78 is 10.5. The fourth-order valence-electron chi connectivity index (χ4n) is 2.67. The minimum Gasteiger partial charge on any atom is -0.381 e. The van der Waals surface area contributed by atoms with Gasteiger partial charge in [0.2, 0.25) is 17.6 Å². The van der Waals surface area contributed by atoms with E-state index < -0.39 is 5.41 Å². The number of nitrogens with one attached hydrogen (secondary N) is 1. The Bertz CT molecular complexity index is 696. The average molecular weight is 351 g/mol. The summed E-state index contributed by atoms with van der Waals surface area (Å²) >= 11 is 5.86. The minimum absolute atomic E-state index is 0.0976. The van der Waals surface area contributed by atoms with Crippen molar-refractivity contribution in [3.8, 4) is 11.4 Å². The van der Waals surface area contributed by atoms with Crippen LogP contribution in [0.5, 0.6) is 0 Å². The second-order valence-electron chi connectivity index (χ2n) is 5.80. The molecular weight excluding hydrogens is 332 g/mol. The lowest BCUT2D eigenvalue weighted by Crippen LogP contribution is -2.49. The van der Waals surface area contributed by atoms with E-state index in [-0.39, 0.29) is 12.5 Å². The van der Waals surface area contributed by atoms with Gasteiger partial charge in [-0.3, -0.25) is 4.79 Å². The number of benzene rings is 1. The number of aromatic nitrogens is 2. The second kappa shape index (κ2) is 7.29. The van der Waals surface area contributed by atoms with E-state index in [0.717, 1.165) is 5.56 Å². The molecule has 1 aliphatic heterocycles. The highest BCUT2D eigenvalue weighted by Gasteiger charge is 2.38. The van der Waals surface area contributed by atoms with Gasteiger partial charge in [-0.25, -0.2) is 0 Å². The van der Waals surface area contributed by atoms with Crippen molar-refractivity contribution < 1.29 is 14.1 Å². The van der Waals surface area contributed by atoms with Crippen LogP contribution in [0.4, 0.5) is 0 Å². The summed E-state index contributed by atoms with van der Waals surface area (Å²) in [5.41, 5.74) is 6.04. The molecule has 0 bridgehead atoms. The van der Waals surface area contributed by atoms with E-state index in [1.165, 1.54) is 0 Å². The lowest BCUT2D eigenvalue weighted by atomic mass is 9.79. The fourth-order valence-corrected chi connectivity index (χ4v) is 2.80. The van der Waals surface area contributed by atoms with Gasteiger partial charge in [-0.1, -0.05) is 16.8 Å². The molecule has 1 aromatic heterocycles. The Morgan fingerprint density at radius 2 is 2.00 bits per heavy atom. The molecular formula is C16H19ClN4O3. The number of ether oxygens (including phenoxy) is 1. The minimum atomic E-state index is -0.572. The molecule has 1 aromatic carbocycles. The fraction of sp³-hybridized carbons (Fsp3) is 0.438. The van der Waals surface area contributed by atoms with E-state index in [9.17, 15) is 4.79 Å². The van der Waals surface area contributed by atoms with E-state index >= 15 is 0 Å². The maximum atomic E-state index is 12.5. The van der Waals surface area contributed by atoms with Gasteiger partial charge in [-0.2, -0.15) is 4.98 Å². The SMILES string of the molecule is NCC1(C(=O)NCc2nc(-c3ccc(Cl)cc3)no2)CCOCC1. The number of nitrogens with two attached hydrogens (primary N) is 1. The third kappa shape index (κ3) is 3.58. The largest absolute Gasteiger partial charge is 0.381 e. The summed E-state index contributed by atoms with van der Waals surface area (Å²) in [7, 11) is 0. The quantitative estimate of drug-likeness (QED) is 0.851. The Balaban J connectivity index is 1.62. The lowest BCUT2D eigenvalue weighted by Gasteiger charge is -2.34. The Morgan fingerprint density at radius 3 is 2.67 bits per heavy atom. The van der Waals surface area contributed by atoms with Crippen LogP contribution in [0.1, 0.15) is 18.7 Å². The van der Waals surface area contributed by atoms with Crippen molar-refractivity contribution in [1.82, 2.24) is 15.5 Å². The highest BCUT2D eigenvalue weighted by Crippen LogP contribution is 2.29. The predicted molar refractivity (Wildman–Crippen MR) is 88.1 cm³/mol. The Hall–Kier alpha value is -1.96. The van der Waals surface area contributed by atoms with Gasteiger partial charge in [0.15, 0.2) is 0 Å². The maximum Gasteiger partial charge on any atom is 0.246 e. The first kappa shape index (κ1) is 16.9. The molecule has 0 unspecified atom stereocenters. The summed E-state index contributed by atoms with van der Waals surface area (Å²) in [6.07, 6.45) is 1.24. The molecule has 1 fully saturated rings. The molecule has 1 saturated heterocycles. The van der Waals surface area contributed by atoms with Crippen molar-refractivity contribution >= 4 is 17.5 Å². The van der Waals surface area contributed by atoms with E-state index in [0.29, 0.717) is 49.3 Å². The van der Waals surface area contributed by atoms with Crippen LogP contribution < -0.4 is 11.1 Å². The van der Waals surface area contributed by atoms with Gasteiger partial charge in [0, 0.05) is 30.3 Å². The summed E-state index contributed by atoms with van der Waals surface area (Å²) in [5, 5.41) is 7.40. The molecule has 0 radical (unpaired) electrons. The number of carbonyl (C=O) groups is 1. The second-order valence-corrected chi connectivity index (χ2v) is 6.23. The smallest absolute Gasteiger partial charge is 0.246 e. The van der Waals surface area contributed by atoms with Crippen LogP contribution in [-0.2, 0) is 16.1 Å². The highest BCUT2D eigenvalue weighted by atomic mass is 35.5. The van der Waals surface area contributed by atoms with Crippen LogP contribution in [-0.4, -0.2) is 35.8 Å². The number of hydrogen-bond acceptors (Lipinski definition) is 6. The summed E-state index contributed by atoms with van der Waals surface area (Å²) in [4.78, 5) is 16.8. The van der Waals surface area contributed by atoms with E-state index in [1.807, 2.05) is 0 Å². The van der Waals surface area contributed by atoms with Crippen molar-refractivity contribution in [1.29, 1.82) is 0 Å². The van der Waals surface area contributed by atoms with E-state index in [2.05, 4.69) is 15.5 Å². The van der Waals surface area contributed by atoms with Gasteiger partial charge in [0.05, 0.1) is 12.0 Å².